The molecule has 0 spiro atoms. The van der Waals surface area contributed by atoms with Crippen LogP contribution in [0.4, 0.5) is 0 Å². The topological polar surface area (TPSA) is 43.8 Å². The standard InChI is InChI=1S/C22H28N2O3/c1-25-18-8-6-17(7-9-18)16-24-14-12-22(26-2)11-10-19(15-20(22)24)27-21-5-3-4-13-23-21/h3-9,13,19-20H,10-12,14-16H2,1-2H3/t19-,20-,22+/m0/s1. The summed E-state index contributed by atoms with van der Waals surface area (Å²) in [5, 5.41) is 0. The minimum Gasteiger partial charge on any atom is -0.497 e. The summed E-state index contributed by atoms with van der Waals surface area (Å²) in [5.41, 5.74) is 1.26. The van der Waals surface area contributed by atoms with Crippen LogP contribution in [0.2, 0.25) is 0 Å². The van der Waals surface area contributed by atoms with Gasteiger partial charge < -0.3 is 14.2 Å². The number of hydrogen-bond acceptors (Lipinski definition) is 5. The molecule has 0 amide bonds. The molecule has 2 aromatic rings. The quantitative estimate of drug-likeness (QED) is 0.778. The van der Waals surface area contributed by atoms with Gasteiger partial charge in [0.25, 0.3) is 0 Å². The average molecular weight is 368 g/mol. The molecule has 1 aromatic carbocycles. The van der Waals surface area contributed by atoms with E-state index in [2.05, 4.69) is 22.0 Å². The fraction of sp³-hybridized carbons (Fsp3) is 0.500. The molecule has 2 fully saturated rings. The summed E-state index contributed by atoms with van der Waals surface area (Å²) in [7, 11) is 3.57. The van der Waals surface area contributed by atoms with Crippen molar-refractivity contribution in [3.8, 4) is 11.6 Å². The van der Waals surface area contributed by atoms with E-state index in [0.29, 0.717) is 11.9 Å². The zero-order valence-corrected chi connectivity index (χ0v) is 16.1. The van der Waals surface area contributed by atoms with Crippen LogP contribution < -0.4 is 9.47 Å². The lowest BCUT2D eigenvalue weighted by Gasteiger charge is -2.43. The molecule has 0 radical (unpaired) electrons. The lowest BCUT2D eigenvalue weighted by atomic mass is 9.79. The van der Waals surface area contributed by atoms with Crippen molar-refractivity contribution < 1.29 is 14.2 Å². The number of fused-ring (bicyclic) bond motifs is 1. The molecule has 0 unspecified atom stereocenters. The van der Waals surface area contributed by atoms with Crippen molar-refractivity contribution in [2.24, 2.45) is 0 Å². The van der Waals surface area contributed by atoms with Gasteiger partial charge in [-0.05, 0) is 43.0 Å². The van der Waals surface area contributed by atoms with Gasteiger partial charge in [-0.1, -0.05) is 18.2 Å². The third-order valence-electron chi connectivity index (χ3n) is 6.12. The van der Waals surface area contributed by atoms with Gasteiger partial charge in [0.15, 0.2) is 0 Å². The number of likely N-dealkylation sites (tertiary alicyclic amines) is 1. The lowest BCUT2D eigenvalue weighted by molar-refractivity contribution is -0.0843. The minimum absolute atomic E-state index is 0.0452. The SMILES string of the molecule is COc1ccc(CN2CC[C@]3(OC)CC[C@H](Oc4ccccn4)C[C@H]23)cc1. The number of hydrogen-bond donors (Lipinski definition) is 0. The van der Waals surface area contributed by atoms with Crippen molar-refractivity contribution in [3.63, 3.8) is 0 Å². The number of benzene rings is 1. The molecule has 4 rings (SSSR count). The van der Waals surface area contributed by atoms with Gasteiger partial charge in [0, 0.05) is 44.9 Å². The molecule has 144 valence electrons. The van der Waals surface area contributed by atoms with Gasteiger partial charge >= 0.3 is 0 Å². The first kappa shape index (κ1) is 18.3. The Morgan fingerprint density at radius 3 is 2.67 bits per heavy atom. The Kier molecular flexibility index (Phi) is 5.32. The molecule has 1 saturated carbocycles. The normalized spacial score (nSPS) is 27.9. The van der Waals surface area contributed by atoms with Crippen LogP contribution in [0.3, 0.4) is 0 Å². The average Bonchev–Trinajstić information content (AvgIpc) is 3.08. The smallest absolute Gasteiger partial charge is 0.213 e. The van der Waals surface area contributed by atoms with Crippen LogP contribution in [0.25, 0.3) is 0 Å². The highest BCUT2D eigenvalue weighted by Gasteiger charge is 2.51. The molecule has 2 heterocycles. The van der Waals surface area contributed by atoms with Gasteiger partial charge in [-0.2, -0.15) is 0 Å². The van der Waals surface area contributed by atoms with Crippen LogP contribution in [0.1, 0.15) is 31.2 Å². The molecular weight excluding hydrogens is 340 g/mol. The second-order valence-electron chi connectivity index (χ2n) is 7.54. The Balaban J connectivity index is 1.46. The van der Waals surface area contributed by atoms with Crippen molar-refractivity contribution in [1.29, 1.82) is 0 Å². The van der Waals surface area contributed by atoms with Gasteiger partial charge in [-0.3, -0.25) is 4.90 Å². The second kappa shape index (κ2) is 7.87. The van der Waals surface area contributed by atoms with Gasteiger partial charge in [-0.25, -0.2) is 4.98 Å². The molecule has 1 aliphatic carbocycles. The van der Waals surface area contributed by atoms with Crippen LogP contribution in [0.5, 0.6) is 11.6 Å². The number of methoxy groups -OCH3 is 2. The van der Waals surface area contributed by atoms with Crippen molar-refractivity contribution in [2.75, 3.05) is 20.8 Å². The number of ether oxygens (including phenoxy) is 3. The molecule has 1 aliphatic heterocycles. The first-order valence-electron chi connectivity index (χ1n) is 9.72. The van der Waals surface area contributed by atoms with E-state index in [4.69, 9.17) is 14.2 Å². The summed E-state index contributed by atoms with van der Waals surface area (Å²) in [6.07, 6.45) is 6.07. The minimum atomic E-state index is -0.0452. The molecule has 2 aliphatic rings. The fourth-order valence-electron chi connectivity index (χ4n) is 4.61. The highest BCUT2D eigenvalue weighted by atomic mass is 16.5. The summed E-state index contributed by atoms with van der Waals surface area (Å²) >= 11 is 0. The zero-order valence-electron chi connectivity index (χ0n) is 16.1. The second-order valence-corrected chi connectivity index (χ2v) is 7.54. The first-order valence-corrected chi connectivity index (χ1v) is 9.72. The largest absolute Gasteiger partial charge is 0.497 e. The van der Waals surface area contributed by atoms with Crippen molar-refractivity contribution >= 4 is 0 Å². The van der Waals surface area contributed by atoms with Crippen molar-refractivity contribution in [3.05, 3.63) is 54.2 Å². The van der Waals surface area contributed by atoms with E-state index in [1.54, 1.807) is 13.3 Å². The maximum absolute atomic E-state index is 6.17. The van der Waals surface area contributed by atoms with Crippen LogP contribution in [0, 0.1) is 0 Å². The Morgan fingerprint density at radius 2 is 1.96 bits per heavy atom. The summed E-state index contributed by atoms with van der Waals surface area (Å²) in [4.78, 5) is 6.87. The van der Waals surface area contributed by atoms with Gasteiger partial charge in [0.2, 0.25) is 5.88 Å². The predicted octanol–water partition coefficient (Wildman–Crippen LogP) is 3.68. The molecular formula is C22H28N2O3. The van der Waals surface area contributed by atoms with Crippen LogP contribution in [-0.4, -0.2) is 48.4 Å². The van der Waals surface area contributed by atoms with E-state index in [9.17, 15) is 0 Å². The van der Waals surface area contributed by atoms with Crippen molar-refractivity contribution in [2.45, 2.75) is 50.0 Å². The molecule has 1 aromatic heterocycles. The highest BCUT2D eigenvalue weighted by Crippen LogP contribution is 2.43. The highest BCUT2D eigenvalue weighted by molar-refractivity contribution is 5.27. The van der Waals surface area contributed by atoms with E-state index in [-0.39, 0.29) is 11.7 Å². The van der Waals surface area contributed by atoms with Crippen LogP contribution >= 0.6 is 0 Å². The molecule has 5 heteroatoms. The summed E-state index contributed by atoms with van der Waals surface area (Å²) in [6.45, 7) is 1.98. The fourth-order valence-corrected chi connectivity index (χ4v) is 4.61. The first-order chi connectivity index (χ1) is 13.2. The van der Waals surface area contributed by atoms with E-state index in [1.165, 1.54) is 5.56 Å². The summed E-state index contributed by atoms with van der Waals surface area (Å²) in [5.74, 6) is 1.61. The Hall–Kier alpha value is -2.11. The monoisotopic (exact) mass is 368 g/mol. The Bertz CT molecular complexity index is 737. The van der Waals surface area contributed by atoms with E-state index < -0.39 is 0 Å². The van der Waals surface area contributed by atoms with E-state index in [0.717, 1.165) is 44.5 Å². The van der Waals surface area contributed by atoms with Crippen molar-refractivity contribution in [1.82, 2.24) is 9.88 Å². The number of nitrogens with zero attached hydrogens (tertiary/aromatic N) is 2. The number of rotatable bonds is 6. The predicted molar refractivity (Wildman–Crippen MR) is 104 cm³/mol. The Morgan fingerprint density at radius 1 is 1.11 bits per heavy atom. The van der Waals surface area contributed by atoms with E-state index in [1.807, 2.05) is 37.4 Å². The van der Waals surface area contributed by atoms with Gasteiger partial charge in [-0.15, -0.1) is 0 Å². The molecule has 0 bridgehead atoms. The lowest BCUT2D eigenvalue weighted by Crippen LogP contribution is -2.52. The third-order valence-corrected chi connectivity index (χ3v) is 6.12. The summed E-state index contributed by atoms with van der Waals surface area (Å²) in [6, 6.07) is 14.5. The zero-order chi connectivity index (χ0) is 18.7. The maximum atomic E-state index is 6.17. The summed E-state index contributed by atoms with van der Waals surface area (Å²) < 4.78 is 17.5. The molecule has 0 N–H and O–H groups in total. The van der Waals surface area contributed by atoms with Crippen LogP contribution in [0.15, 0.2) is 48.7 Å². The van der Waals surface area contributed by atoms with Gasteiger partial charge in [0.1, 0.15) is 11.9 Å². The number of aromatic nitrogens is 1. The Labute approximate surface area is 161 Å². The molecule has 3 atom stereocenters. The maximum Gasteiger partial charge on any atom is 0.213 e. The molecule has 27 heavy (non-hydrogen) atoms. The van der Waals surface area contributed by atoms with Gasteiger partial charge in [0.05, 0.1) is 12.7 Å². The molecule has 1 saturated heterocycles. The number of pyridine rings is 1. The third kappa shape index (κ3) is 3.80. The van der Waals surface area contributed by atoms with E-state index >= 15 is 0 Å². The molecule has 5 nitrogen and oxygen atoms in total. The van der Waals surface area contributed by atoms with Crippen LogP contribution in [-0.2, 0) is 11.3 Å².